The Morgan fingerprint density at radius 2 is 2.35 bits per heavy atom. The van der Waals surface area contributed by atoms with Crippen LogP contribution >= 0.6 is 11.6 Å². The zero-order valence-electron chi connectivity index (χ0n) is 9.52. The van der Waals surface area contributed by atoms with Gasteiger partial charge in [0.15, 0.2) is 0 Å². The Balaban J connectivity index is 2.12. The topological polar surface area (TPSA) is 41.1 Å². The van der Waals surface area contributed by atoms with Gasteiger partial charge in [0.25, 0.3) is 0 Å². The number of aryl methyl sites for hydroxylation is 1. The highest BCUT2D eigenvalue weighted by atomic mass is 35.5. The van der Waals surface area contributed by atoms with Crippen molar-refractivity contribution in [1.29, 1.82) is 0 Å². The summed E-state index contributed by atoms with van der Waals surface area (Å²) in [5, 5.41) is 6.08. The number of hydrogen-bond donors (Lipinski definition) is 2. The summed E-state index contributed by atoms with van der Waals surface area (Å²) >= 11 is 5.95. The summed E-state index contributed by atoms with van der Waals surface area (Å²) in [7, 11) is 0. The molecule has 0 bridgehead atoms. The minimum atomic E-state index is -0.371. The van der Waals surface area contributed by atoms with E-state index < -0.39 is 0 Å². The first-order valence-electron chi connectivity index (χ1n) is 5.58. The molecule has 92 valence electrons. The lowest BCUT2D eigenvalue weighted by Crippen LogP contribution is -2.35. The summed E-state index contributed by atoms with van der Waals surface area (Å²) in [5.74, 6) is -0.531. The van der Waals surface area contributed by atoms with Gasteiger partial charge < -0.3 is 10.6 Å². The second-order valence-electron chi connectivity index (χ2n) is 4.22. The van der Waals surface area contributed by atoms with Crippen LogP contribution in [0.15, 0.2) is 12.1 Å². The van der Waals surface area contributed by atoms with E-state index in [9.17, 15) is 9.18 Å². The fourth-order valence-corrected chi connectivity index (χ4v) is 2.14. The molecule has 17 heavy (non-hydrogen) atoms. The van der Waals surface area contributed by atoms with Gasteiger partial charge in [0.2, 0.25) is 5.91 Å². The molecular weight excluding hydrogens is 243 g/mol. The van der Waals surface area contributed by atoms with E-state index in [0.29, 0.717) is 16.3 Å². The number of rotatable bonds is 2. The second-order valence-corrected chi connectivity index (χ2v) is 4.63. The van der Waals surface area contributed by atoms with Crippen LogP contribution in [-0.2, 0) is 4.79 Å². The van der Waals surface area contributed by atoms with Crippen molar-refractivity contribution in [3.05, 3.63) is 28.5 Å². The van der Waals surface area contributed by atoms with E-state index in [1.807, 2.05) is 0 Å². The Labute approximate surface area is 104 Å². The summed E-state index contributed by atoms with van der Waals surface area (Å²) in [6.45, 7) is 2.47. The van der Waals surface area contributed by atoms with Crippen LogP contribution in [0.25, 0.3) is 0 Å². The molecule has 1 aromatic rings. The number of hydrogen-bond acceptors (Lipinski definition) is 2. The number of amides is 1. The van der Waals surface area contributed by atoms with Crippen molar-refractivity contribution < 1.29 is 9.18 Å². The maximum absolute atomic E-state index is 13.4. The molecule has 2 rings (SSSR count). The second kappa shape index (κ2) is 5.02. The van der Waals surface area contributed by atoms with Gasteiger partial charge in [-0.2, -0.15) is 0 Å². The van der Waals surface area contributed by atoms with E-state index >= 15 is 0 Å². The smallest absolute Gasteiger partial charge is 0.241 e. The largest absolute Gasteiger partial charge is 0.323 e. The highest BCUT2D eigenvalue weighted by Crippen LogP contribution is 2.25. The first-order chi connectivity index (χ1) is 8.08. The van der Waals surface area contributed by atoms with Crippen molar-refractivity contribution in [2.75, 3.05) is 11.9 Å². The lowest BCUT2D eigenvalue weighted by atomic mass is 10.2. The predicted molar refractivity (Wildman–Crippen MR) is 65.8 cm³/mol. The van der Waals surface area contributed by atoms with Crippen molar-refractivity contribution in [2.24, 2.45) is 0 Å². The molecule has 1 aliphatic heterocycles. The summed E-state index contributed by atoms with van der Waals surface area (Å²) in [6, 6.07) is 2.56. The van der Waals surface area contributed by atoms with Gasteiger partial charge in [-0.05, 0) is 44.0 Å². The number of anilines is 1. The molecule has 1 atom stereocenters. The normalized spacial score (nSPS) is 19.4. The van der Waals surface area contributed by atoms with Crippen molar-refractivity contribution >= 4 is 23.2 Å². The van der Waals surface area contributed by atoms with Crippen molar-refractivity contribution in [2.45, 2.75) is 25.8 Å². The van der Waals surface area contributed by atoms with E-state index in [1.165, 1.54) is 12.1 Å². The van der Waals surface area contributed by atoms with E-state index in [-0.39, 0.29) is 17.8 Å². The molecular formula is C12H14ClFN2O. The molecule has 1 amide bonds. The fourth-order valence-electron chi connectivity index (χ4n) is 1.87. The van der Waals surface area contributed by atoms with Crippen LogP contribution in [0.3, 0.4) is 0 Å². The molecule has 1 fully saturated rings. The van der Waals surface area contributed by atoms with Crippen molar-refractivity contribution in [3.8, 4) is 0 Å². The van der Waals surface area contributed by atoms with Crippen LogP contribution < -0.4 is 10.6 Å². The molecule has 1 aliphatic rings. The third-order valence-electron chi connectivity index (χ3n) is 2.88. The molecule has 0 saturated carbocycles. The highest BCUT2D eigenvalue weighted by molar-refractivity contribution is 6.33. The van der Waals surface area contributed by atoms with Crippen LogP contribution in [0.1, 0.15) is 18.4 Å². The quantitative estimate of drug-likeness (QED) is 0.854. The van der Waals surface area contributed by atoms with Crippen LogP contribution in [0.4, 0.5) is 10.1 Å². The van der Waals surface area contributed by atoms with Gasteiger partial charge in [-0.3, -0.25) is 4.79 Å². The van der Waals surface area contributed by atoms with Gasteiger partial charge >= 0.3 is 0 Å². The number of halogens is 2. The molecule has 1 saturated heterocycles. The maximum Gasteiger partial charge on any atom is 0.241 e. The third-order valence-corrected chi connectivity index (χ3v) is 3.20. The van der Waals surface area contributed by atoms with Crippen LogP contribution in [0.5, 0.6) is 0 Å². The molecule has 0 aromatic heterocycles. The zero-order valence-corrected chi connectivity index (χ0v) is 10.3. The highest BCUT2D eigenvalue weighted by Gasteiger charge is 2.22. The number of nitrogens with one attached hydrogen (secondary N) is 2. The Bertz CT molecular complexity index is 444. The van der Waals surface area contributed by atoms with Crippen LogP contribution in [0, 0.1) is 12.7 Å². The Hall–Kier alpha value is -1.13. The number of carbonyl (C=O) groups excluding carboxylic acids is 1. The lowest BCUT2D eigenvalue weighted by molar-refractivity contribution is -0.117. The first-order valence-corrected chi connectivity index (χ1v) is 5.95. The Morgan fingerprint density at radius 3 is 3.00 bits per heavy atom. The predicted octanol–water partition coefficient (Wildman–Crippen LogP) is 2.48. The van der Waals surface area contributed by atoms with Crippen LogP contribution in [-0.4, -0.2) is 18.5 Å². The molecule has 5 heteroatoms. The van der Waals surface area contributed by atoms with Gasteiger partial charge in [-0.25, -0.2) is 4.39 Å². The molecule has 1 heterocycles. The first kappa shape index (κ1) is 12.3. The minimum absolute atomic E-state index is 0.160. The third kappa shape index (κ3) is 2.76. The monoisotopic (exact) mass is 256 g/mol. The molecule has 0 radical (unpaired) electrons. The molecule has 3 nitrogen and oxygen atoms in total. The van der Waals surface area contributed by atoms with Crippen molar-refractivity contribution in [1.82, 2.24) is 5.32 Å². The van der Waals surface area contributed by atoms with E-state index in [4.69, 9.17) is 11.6 Å². The average molecular weight is 257 g/mol. The van der Waals surface area contributed by atoms with Crippen molar-refractivity contribution in [3.63, 3.8) is 0 Å². The maximum atomic E-state index is 13.4. The summed E-state index contributed by atoms with van der Waals surface area (Å²) in [6.07, 6.45) is 1.78. The zero-order chi connectivity index (χ0) is 12.4. The molecule has 1 aromatic carbocycles. The standard InChI is InChI=1S/C12H14ClFN2O/c1-7-5-8(13)11(6-9(7)14)16-12(17)10-3-2-4-15-10/h5-6,10,15H,2-4H2,1H3,(H,16,17). The summed E-state index contributed by atoms with van der Waals surface area (Å²) in [5.41, 5.74) is 0.792. The lowest BCUT2D eigenvalue weighted by Gasteiger charge is -2.12. The molecule has 2 N–H and O–H groups in total. The van der Waals surface area contributed by atoms with Gasteiger partial charge in [-0.1, -0.05) is 11.6 Å². The number of carbonyl (C=O) groups is 1. The number of benzene rings is 1. The SMILES string of the molecule is Cc1cc(Cl)c(NC(=O)C2CCCN2)cc1F. The van der Waals surface area contributed by atoms with E-state index in [2.05, 4.69) is 10.6 Å². The minimum Gasteiger partial charge on any atom is -0.323 e. The Kier molecular flexibility index (Phi) is 3.64. The van der Waals surface area contributed by atoms with Gasteiger partial charge in [-0.15, -0.1) is 0 Å². The molecule has 0 spiro atoms. The fraction of sp³-hybridized carbons (Fsp3) is 0.417. The summed E-state index contributed by atoms with van der Waals surface area (Å²) in [4.78, 5) is 11.8. The van der Waals surface area contributed by atoms with E-state index in [1.54, 1.807) is 6.92 Å². The van der Waals surface area contributed by atoms with Gasteiger partial charge in [0, 0.05) is 0 Å². The van der Waals surface area contributed by atoms with E-state index in [0.717, 1.165) is 19.4 Å². The average Bonchev–Trinajstić information content (AvgIpc) is 2.79. The van der Waals surface area contributed by atoms with Crippen LogP contribution in [0.2, 0.25) is 5.02 Å². The summed E-state index contributed by atoms with van der Waals surface area (Å²) < 4.78 is 13.4. The van der Waals surface area contributed by atoms with Gasteiger partial charge in [0.05, 0.1) is 16.8 Å². The molecule has 1 unspecified atom stereocenters. The van der Waals surface area contributed by atoms with Gasteiger partial charge in [0.1, 0.15) is 5.82 Å². The Morgan fingerprint density at radius 1 is 1.59 bits per heavy atom. The molecule has 0 aliphatic carbocycles.